The molecule has 26 heavy (non-hydrogen) atoms. The minimum absolute atomic E-state index is 0. The first-order valence-electron chi connectivity index (χ1n) is 8.47. The summed E-state index contributed by atoms with van der Waals surface area (Å²) in [7, 11) is -1.98. The highest BCUT2D eigenvalue weighted by Crippen LogP contribution is 2.29. The summed E-state index contributed by atoms with van der Waals surface area (Å²) in [5, 5.41) is 3.37. The second-order valence-electron chi connectivity index (χ2n) is 6.55. The fourth-order valence-corrected chi connectivity index (χ4v) is 4.52. The summed E-state index contributed by atoms with van der Waals surface area (Å²) < 4.78 is 26.1. The zero-order chi connectivity index (χ0) is 18.5. The minimum Gasteiger partial charge on any atom is -0.357 e. The van der Waals surface area contributed by atoms with Crippen molar-refractivity contribution in [3.05, 3.63) is 29.8 Å². The molecule has 0 unspecified atom stereocenters. The first kappa shape index (κ1) is 23.5. The van der Waals surface area contributed by atoms with E-state index in [4.69, 9.17) is 4.99 Å². The van der Waals surface area contributed by atoms with Crippen molar-refractivity contribution >= 4 is 51.7 Å². The topological polar surface area (TPSA) is 73.8 Å². The molecule has 0 bridgehead atoms. The van der Waals surface area contributed by atoms with Crippen molar-refractivity contribution in [2.75, 3.05) is 32.4 Å². The maximum absolute atomic E-state index is 11.8. The molecule has 1 saturated heterocycles. The summed E-state index contributed by atoms with van der Waals surface area (Å²) in [4.78, 5) is 7.32. The third-order valence-corrected chi connectivity index (χ3v) is 6.70. The van der Waals surface area contributed by atoms with Gasteiger partial charge >= 0.3 is 0 Å². The molecule has 0 aromatic heterocycles. The lowest BCUT2D eigenvalue weighted by Crippen LogP contribution is -2.50. The molecule has 9 heteroatoms. The molecule has 148 valence electrons. The number of benzene rings is 1. The monoisotopic (exact) mass is 512 g/mol. The first-order valence-corrected chi connectivity index (χ1v) is 10.9. The molecule has 0 atom stereocenters. The van der Waals surface area contributed by atoms with Gasteiger partial charge in [0, 0.05) is 30.1 Å². The van der Waals surface area contributed by atoms with Crippen LogP contribution in [-0.4, -0.2) is 56.5 Å². The van der Waals surface area contributed by atoms with Gasteiger partial charge < -0.3 is 10.2 Å². The van der Waals surface area contributed by atoms with Gasteiger partial charge in [-0.25, -0.2) is 18.1 Å². The number of halogens is 1. The molecular formula is C17H29IN4O2S2. The van der Waals surface area contributed by atoms with E-state index >= 15 is 0 Å². The van der Waals surface area contributed by atoms with Gasteiger partial charge in [-0.3, -0.25) is 0 Å². The van der Waals surface area contributed by atoms with Gasteiger partial charge in [-0.1, -0.05) is 12.1 Å². The maximum atomic E-state index is 11.8. The van der Waals surface area contributed by atoms with E-state index in [1.54, 1.807) is 12.1 Å². The highest BCUT2D eigenvalue weighted by molar-refractivity contribution is 14.0. The van der Waals surface area contributed by atoms with Crippen molar-refractivity contribution in [1.82, 2.24) is 14.9 Å². The SMILES string of the molecule is CCNC(=NCc1ccc(S(=O)(=O)NC)cc1)N1CCSC(C)(C)C1.I. The Morgan fingerprint density at radius 1 is 1.31 bits per heavy atom. The van der Waals surface area contributed by atoms with Crippen molar-refractivity contribution in [2.24, 2.45) is 4.99 Å². The van der Waals surface area contributed by atoms with Gasteiger partial charge in [0.15, 0.2) is 5.96 Å². The fourth-order valence-electron chi connectivity index (χ4n) is 2.68. The predicted octanol–water partition coefficient (Wildman–Crippen LogP) is 2.51. The lowest BCUT2D eigenvalue weighted by Gasteiger charge is -2.39. The lowest BCUT2D eigenvalue weighted by atomic mass is 10.2. The molecule has 1 aromatic rings. The van der Waals surface area contributed by atoms with Crippen LogP contribution in [0.3, 0.4) is 0 Å². The van der Waals surface area contributed by atoms with Crippen LogP contribution >= 0.6 is 35.7 Å². The summed E-state index contributed by atoms with van der Waals surface area (Å²) >= 11 is 1.99. The van der Waals surface area contributed by atoms with E-state index in [2.05, 4.69) is 35.7 Å². The van der Waals surface area contributed by atoms with Gasteiger partial charge in [-0.15, -0.1) is 24.0 Å². The molecule has 0 spiro atoms. The second-order valence-corrected chi connectivity index (χ2v) is 10.2. The zero-order valence-electron chi connectivity index (χ0n) is 15.8. The summed E-state index contributed by atoms with van der Waals surface area (Å²) in [5.41, 5.74) is 0.983. The van der Waals surface area contributed by atoms with Gasteiger partial charge in [0.1, 0.15) is 0 Å². The molecule has 0 radical (unpaired) electrons. The van der Waals surface area contributed by atoms with Crippen molar-refractivity contribution in [3.8, 4) is 0 Å². The number of rotatable bonds is 5. The van der Waals surface area contributed by atoms with E-state index < -0.39 is 10.0 Å². The molecule has 2 N–H and O–H groups in total. The van der Waals surface area contributed by atoms with Crippen LogP contribution in [-0.2, 0) is 16.6 Å². The van der Waals surface area contributed by atoms with Gasteiger partial charge in [0.25, 0.3) is 0 Å². The number of aliphatic imine (C=N–C) groups is 1. The Morgan fingerprint density at radius 3 is 2.50 bits per heavy atom. The number of guanidine groups is 1. The quantitative estimate of drug-likeness (QED) is 0.361. The molecule has 1 aromatic carbocycles. The Morgan fingerprint density at radius 2 is 1.96 bits per heavy atom. The molecule has 1 heterocycles. The molecule has 0 amide bonds. The summed E-state index contributed by atoms with van der Waals surface area (Å²) in [5.74, 6) is 2.01. The smallest absolute Gasteiger partial charge is 0.240 e. The van der Waals surface area contributed by atoms with Crippen molar-refractivity contribution < 1.29 is 8.42 Å². The largest absolute Gasteiger partial charge is 0.357 e. The minimum atomic E-state index is -3.39. The van der Waals surface area contributed by atoms with Crippen LogP contribution in [0.15, 0.2) is 34.2 Å². The molecular weight excluding hydrogens is 483 g/mol. The highest BCUT2D eigenvalue weighted by Gasteiger charge is 2.28. The molecule has 0 aliphatic carbocycles. The van der Waals surface area contributed by atoms with Crippen LogP contribution < -0.4 is 10.0 Å². The second kappa shape index (κ2) is 10.1. The van der Waals surface area contributed by atoms with Crippen molar-refractivity contribution in [1.29, 1.82) is 0 Å². The number of nitrogens with one attached hydrogen (secondary N) is 2. The van der Waals surface area contributed by atoms with E-state index in [1.807, 2.05) is 23.9 Å². The number of hydrogen-bond donors (Lipinski definition) is 2. The predicted molar refractivity (Wildman–Crippen MR) is 121 cm³/mol. The van der Waals surface area contributed by atoms with E-state index in [0.29, 0.717) is 6.54 Å². The van der Waals surface area contributed by atoms with Crippen LogP contribution in [0.25, 0.3) is 0 Å². The number of sulfonamides is 1. The average Bonchev–Trinajstić information content (AvgIpc) is 2.58. The van der Waals surface area contributed by atoms with E-state index in [0.717, 1.165) is 36.9 Å². The highest BCUT2D eigenvalue weighted by atomic mass is 127. The fraction of sp³-hybridized carbons (Fsp3) is 0.588. The van der Waals surface area contributed by atoms with Crippen LogP contribution in [0, 0.1) is 0 Å². The standard InChI is InChI=1S/C17H28N4O2S2.HI/c1-5-19-16(21-10-11-24-17(2,3)13-21)20-12-14-6-8-15(9-7-14)25(22,23)18-4;/h6-9,18H,5,10-13H2,1-4H3,(H,19,20);1H. The summed E-state index contributed by atoms with van der Waals surface area (Å²) in [6.45, 7) is 9.87. The average molecular weight is 512 g/mol. The number of hydrogen-bond acceptors (Lipinski definition) is 4. The lowest BCUT2D eigenvalue weighted by molar-refractivity contribution is 0.376. The third kappa shape index (κ3) is 6.58. The Balaban J connectivity index is 0.00000338. The van der Waals surface area contributed by atoms with Gasteiger partial charge in [0.05, 0.1) is 11.4 Å². The summed E-state index contributed by atoms with van der Waals surface area (Å²) in [6, 6.07) is 6.86. The zero-order valence-corrected chi connectivity index (χ0v) is 19.7. The molecule has 1 aliphatic heterocycles. The van der Waals surface area contributed by atoms with Gasteiger partial charge in [0.2, 0.25) is 10.0 Å². The van der Waals surface area contributed by atoms with E-state index in [-0.39, 0.29) is 33.6 Å². The van der Waals surface area contributed by atoms with Crippen LogP contribution in [0.4, 0.5) is 0 Å². The Labute approximate surface area is 178 Å². The molecule has 6 nitrogen and oxygen atoms in total. The number of nitrogens with zero attached hydrogens (tertiary/aromatic N) is 2. The number of thioether (sulfide) groups is 1. The van der Waals surface area contributed by atoms with Crippen LogP contribution in [0.2, 0.25) is 0 Å². The van der Waals surface area contributed by atoms with Crippen LogP contribution in [0.5, 0.6) is 0 Å². The van der Waals surface area contributed by atoms with E-state index in [1.165, 1.54) is 7.05 Å². The molecule has 2 rings (SSSR count). The van der Waals surface area contributed by atoms with Crippen LogP contribution in [0.1, 0.15) is 26.3 Å². The maximum Gasteiger partial charge on any atom is 0.240 e. The third-order valence-electron chi connectivity index (χ3n) is 3.97. The van der Waals surface area contributed by atoms with Gasteiger partial charge in [-0.2, -0.15) is 11.8 Å². The Kier molecular flexibility index (Phi) is 9.17. The van der Waals surface area contributed by atoms with Crippen molar-refractivity contribution in [2.45, 2.75) is 37.0 Å². The normalized spacial score (nSPS) is 17.5. The Bertz CT molecular complexity index is 706. The molecule has 1 aliphatic rings. The summed E-state index contributed by atoms with van der Waals surface area (Å²) in [6.07, 6.45) is 0. The molecule has 0 saturated carbocycles. The van der Waals surface area contributed by atoms with Crippen molar-refractivity contribution in [3.63, 3.8) is 0 Å². The Hall–Kier alpha value is -0.520. The van der Waals surface area contributed by atoms with Gasteiger partial charge in [-0.05, 0) is 45.5 Å². The van der Waals surface area contributed by atoms with E-state index in [9.17, 15) is 8.42 Å². The first-order chi connectivity index (χ1) is 11.8. The molecule has 1 fully saturated rings.